The molecule has 0 spiro atoms. The first-order chi connectivity index (χ1) is 12.4. The SMILES string of the molecule is CCN(CC)C(=O)CN(C)C(=O)CSc1nnc(-c2ccc(C)cc2)o1. The van der Waals surface area contributed by atoms with Crippen molar-refractivity contribution in [1.82, 2.24) is 20.0 Å². The van der Waals surface area contributed by atoms with Crippen molar-refractivity contribution in [2.75, 3.05) is 32.4 Å². The lowest BCUT2D eigenvalue weighted by molar-refractivity contribution is -0.137. The normalized spacial score (nSPS) is 10.6. The van der Waals surface area contributed by atoms with Gasteiger partial charge in [0.15, 0.2) is 0 Å². The van der Waals surface area contributed by atoms with Crippen molar-refractivity contribution in [2.45, 2.75) is 26.0 Å². The molecule has 0 bridgehead atoms. The third-order valence-electron chi connectivity index (χ3n) is 3.94. The predicted octanol–water partition coefficient (Wildman–Crippen LogP) is 2.46. The van der Waals surface area contributed by atoms with E-state index in [1.807, 2.05) is 45.0 Å². The summed E-state index contributed by atoms with van der Waals surface area (Å²) in [4.78, 5) is 27.4. The van der Waals surface area contributed by atoms with E-state index >= 15 is 0 Å². The average molecular weight is 376 g/mol. The smallest absolute Gasteiger partial charge is 0.277 e. The van der Waals surface area contributed by atoms with Crippen molar-refractivity contribution in [3.8, 4) is 11.5 Å². The molecule has 0 atom stereocenters. The third kappa shape index (κ3) is 5.32. The Hall–Kier alpha value is -2.35. The van der Waals surface area contributed by atoms with Crippen LogP contribution in [0.1, 0.15) is 19.4 Å². The summed E-state index contributed by atoms with van der Waals surface area (Å²) in [7, 11) is 1.62. The first-order valence-corrected chi connectivity index (χ1v) is 9.48. The van der Waals surface area contributed by atoms with Gasteiger partial charge in [-0.25, -0.2) is 0 Å². The van der Waals surface area contributed by atoms with Gasteiger partial charge in [0.25, 0.3) is 5.22 Å². The Bertz CT molecular complexity index is 741. The number of likely N-dealkylation sites (N-methyl/N-ethyl adjacent to an activating group) is 2. The average Bonchev–Trinajstić information content (AvgIpc) is 3.10. The van der Waals surface area contributed by atoms with Crippen LogP contribution < -0.4 is 0 Å². The van der Waals surface area contributed by atoms with Crippen molar-refractivity contribution in [2.24, 2.45) is 0 Å². The predicted molar refractivity (Wildman–Crippen MR) is 101 cm³/mol. The number of carbonyl (C=O) groups excluding carboxylic acids is 2. The van der Waals surface area contributed by atoms with Crippen LogP contribution in [-0.4, -0.2) is 64.2 Å². The molecule has 0 saturated heterocycles. The fourth-order valence-electron chi connectivity index (χ4n) is 2.28. The lowest BCUT2D eigenvalue weighted by atomic mass is 10.1. The molecule has 0 radical (unpaired) electrons. The molecule has 1 aromatic carbocycles. The molecule has 7 nitrogen and oxygen atoms in total. The van der Waals surface area contributed by atoms with E-state index in [9.17, 15) is 9.59 Å². The van der Waals surface area contributed by atoms with Gasteiger partial charge in [0, 0.05) is 25.7 Å². The topological polar surface area (TPSA) is 79.5 Å². The van der Waals surface area contributed by atoms with E-state index in [1.54, 1.807) is 11.9 Å². The number of aryl methyl sites for hydroxylation is 1. The van der Waals surface area contributed by atoms with Crippen LogP contribution in [0, 0.1) is 6.92 Å². The van der Waals surface area contributed by atoms with E-state index in [1.165, 1.54) is 16.7 Å². The maximum Gasteiger partial charge on any atom is 0.277 e. The first-order valence-electron chi connectivity index (χ1n) is 8.49. The summed E-state index contributed by atoms with van der Waals surface area (Å²) in [6.45, 7) is 7.18. The third-order valence-corrected chi connectivity index (χ3v) is 4.74. The molecule has 0 unspecified atom stereocenters. The van der Waals surface area contributed by atoms with Gasteiger partial charge in [-0.3, -0.25) is 9.59 Å². The molecule has 2 amide bonds. The minimum Gasteiger partial charge on any atom is -0.411 e. The Balaban J connectivity index is 1.87. The van der Waals surface area contributed by atoms with Crippen LogP contribution in [0.3, 0.4) is 0 Å². The minimum atomic E-state index is -0.161. The van der Waals surface area contributed by atoms with E-state index in [4.69, 9.17) is 4.42 Å². The number of carbonyl (C=O) groups is 2. The lowest BCUT2D eigenvalue weighted by Crippen LogP contribution is -2.41. The van der Waals surface area contributed by atoms with E-state index in [0.717, 1.165) is 11.1 Å². The number of hydrogen-bond donors (Lipinski definition) is 0. The molecule has 0 saturated carbocycles. The molecule has 0 aliphatic heterocycles. The maximum atomic E-state index is 12.2. The second kappa shape index (κ2) is 9.38. The molecular weight excluding hydrogens is 352 g/mol. The zero-order valence-electron chi connectivity index (χ0n) is 15.6. The highest BCUT2D eigenvalue weighted by molar-refractivity contribution is 7.99. The second-order valence-corrected chi connectivity index (χ2v) is 6.77. The van der Waals surface area contributed by atoms with E-state index in [-0.39, 0.29) is 24.1 Å². The molecular formula is C18H24N4O3S. The number of aromatic nitrogens is 2. The summed E-state index contributed by atoms with van der Waals surface area (Å²) < 4.78 is 5.59. The van der Waals surface area contributed by atoms with Crippen molar-refractivity contribution < 1.29 is 14.0 Å². The van der Waals surface area contributed by atoms with Gasteiger partial charge < -0.3 is 14.2 Å². The number of nitrogens with zero attached hydrogens (tertiary/aromatic N) is 4. The summed E-state index contributed by atoms with van der Waals surface area (Å²) >= 11 is 1.17. The molecule has 140 valence electrons. The van der Waals surface area contributed by atoms with Crippen LogP contribution in [0.4, 0.5) is 0 Å². The second-order valence-electron chi connectivity index (χ2n) is 5.84. The summed E-state index contributed by atoms with van der Waals surface area (Å²) in [5.41, 5.74) is 1.99. The van der Waals surface area contributed by atoms with Crippen LogP contribution in [0.25, 0.3) is 11.5 Å². The fraction of sp³-hybridized carbons (Fsp3) is 0.444. The highest BCUT2D eigenvalue weighted by Gasteiger charge is 2.18. The summed E-state index contributed by atoms with van der Waals surface area (Å²) in [5, 5.41) is 8.30. The number of benzene rings is 1. The monoisotopic (exact) mass is 376 g/mol. The molecule has 1 heterocycles. The largest absolute Gasteiger partial charge is 0.411 e. The molecule has 1 aromatic heterocycles. The molecule has 0 aliphatic rings. The number of amides is 2. The van der Waals surface area contributed by atoms with Gasteiger partial charge in [0.1, 0.15) is 0 Å². The maximum absolute atomic E-state index is 12.2. The minimum absolute atomic E-state index is 0.0599. The van der Waals surface area contributed by atoms with Gasteiger partial charge in [0.2, 0.25) is 17.7 Å². The highest BCUT2D eigenvalue weighted by atomic mass is 32.2. The molecule has 8 heteroatoms. The molecule has 2 rings (SSSR count). The Kier molecular flexibility index (Phi) is 7.20. The van der Waals surface area contributed by atoms with Gasteiger partial charge >= 0.3 is 0 Å². The van der Waals surface area contributed by atoms with E-state index < -0.39 is 0 Å². The standard InChI is InChI=1S/C18H24N4O3S/c1-5-22(6-2)15(23)11-21(4)16(24)12-26-18-20-19-17(25-18)14-9-7-13(3)8-10-14/h7-10H,5-6,11-12H2,1-4H3. The van der Waals surface area contributed by atoms with Gasteiger partial charge in [-0.15, -0.1) is 10.2 Å². The van der Waals surface area contributed by atoms with Crippen LogP contribution >= 0.6 is 11.8 Å². The quantitative estimate of drug-likeness (QED) is 0.659. The van der Waals surface area contributed by atoms with Crippen molar-refractivity contribution in [1.29, 1.82) is 0 Å². The number of thioether (sulfide) groups is 1. The molecule has 2 aromatic rings. The van der Waals surface area contributed by atoms with Gasteiger partial charge in [0.05, 0.1) is 12.3 Å². The Morgan fingerprint density at radius 3 is 2.35 bits per heavy atom. The van der Waals surface area contributed by atoms with Gasteiger partial charge in [-0.2, -0.15) is 0 Å². The Morgan fingerprint density at radius 2 is 1.73 bits per heavy atom. The number of hydrogen-bond acceptors (Lipinski definition) is 6. The first kappa shape index (κ1) is 20.0. The van der Waals surface area contributed by atoms with E-state index in [2.05, 4.69) is 10.2 Å². The van der Waals surface area contributed by atoms with E-state index in [0.29, 0.717) is 24.2 Å². The number of rotatable bonds is 8. The van der Waals surface area contributed by atoms with Gasteiger partial charge in [-0.1, -0.05) is 29.5 Å². The zero-order chi connectivity index (χ0) is 19.1. The van der Waals surface area contributed by atoms with Crippen LogP contribution in [0.15, 0.2) is 33.9 Å². The van der Waals surface area contributed by atoms with Crippen LogP contribution in [-0.2, 0) is 9.59 Å². The van der Waals surface area contributed by atoms with Crippen molar-refractivity contribution in [3.63, 3.8) is 0 Å². The van der Waals surface area contributed by atoms with Gasteiger partial charge in [-0.05, 0) is 32.9 Å². The molecule has 0 aliphatic carbocycles. The van der Waals surface area contributed by atoms with Crippen LogP contribution in [0.2, 0.25) is 0 Å². The summed E-state index contributed by atoms with van der Waals surface area (Å²) in [5.74, 6) is 0.336. The summed E-state index contributed by atoms with van der Waals surface area (Å²) in [6.07, 6.45) is 0. The van der Waals surface area contributed by atoms with Crippen molar-refractivity contribution >= 4 is 23.6 Å². The Labute approximate surface area is 157 Å². The molecule has 26 heavy (non-hydrogen) atoms. The lowest BCUT2D eigenvalue weighted by Gasteiger charge is -2.22. The van der Waals surface area contributed by atoms with Crippen LogP contribution in [0.5, 0.6) is 0 Å². The molecule has 0 N–H and O–H groups in total. The fourth-order valence-corrected chi connectivity index (χ4v) is 2.99. The zero-order valence-corrected chi connectivity index (χ0v) is 16.4. The Morgan fingerprint density at radius 1 is 1.08 bits per heavy atom. The molecule has 0 fully saturated rings. The van der Waals surface area contributed by atoms with Crippen molar-refractivity contribution in [3.05, 3.63) is 29.8 Å². The highest BCUT2D eigenvalue weighted by Crippen LogP contribution is 2.23. The summed E-state index contributed by atoms with van der Waals surface area (Å²) in [6, 6.07) is 7.76.